The van der Waals surface area contributed by atoms with Crippen LogP contribution < -0.4 is 5.32 Å². The van der Waals surface area contributed by atoms with Gasteiger partial charge in [-0.05, 0) is 58.8 Å². The molecule has 0 aliphatic rings. The van der Waals surface area contributed by atoms with E-state index in [1.165, 1.54) is 25.8 Å². The van der Waals surface area contributed by atoms with Crippen molar-refractivity contribution in [2.24, 2.45) is 11.8 Å². The summed E-state index contributed by atoms with van der Waals surface area (Å²) in [5, 5.41) is 3.14. The van der Waals surface area contributed by atoms with Crippen molar-refractivity contribution in [1.82, 2.24) is 10.2 Å². The number of nitrogens with one attached hydrogen (secondary N) is 1. The Kier molecular flexibility index (Phi) is 10.9. The monoisotopic (exact) mass is 266 g/mol. The fourth-order valence-electron chi connectivity index (χ4n) is 2.30. The van der Waals surface area contributed by atoms with Crippen LogP contribution in [0.4, 0.5) is 0 Å². The molecule has 0 saturated carbocycles. The van der Waals surface area contributed by atoms with Gasteiger partial charge < -0.3 is 10.2 Å². The third-order valence-corrected chi connectivity index (χ3v) is 3.74. The molecular formula is C17H34N2. The summed E-state index contributed by atoms with van der Waals surface area (Å²) in [5.74, 6) is 1.38. The van der Waals surface area contributed by atoms with Crippen molar-refractivity contribution >= 4 is 0 Å². The molecular weight excluding hydrogens is 232 g/mol. The minimum absolute atomic E-state index is 0.689. The SMILES string of the molecule is CCC(C)/C(=C/C=C\CNC)C(C)CCCN(C)C. The number of allylic oxidation sites excluding steroid dienone is 3. The van der Waals surface area contributed by atoms with Crippen molar-refractivity contribution in [2.75, 3.05) is 34.2 Å². The standard InChI is InChI=1S/C17H34N2/c1-7-15(2)17(12-8-9-13-18-4)16(3)11-10-14-19(5)6/h8-9,12,15-16,18H,7,10-11,13-14H2,1-6H3/b9-8-,17-12-. The van der Waals surface area contributed by atoms with Gasteiger partial charge in [0.25, 0.3) is 0 Å². The first-order valence-electron chi connectivity index (χ1n) is 7.68. The Morgan fingerprint density at radius 2 is 1.89 bits per heavy atom. The van der Waals surface area contributed by atoms with E-state index < -0.39 is 0 Å². The molecule has 0 bridgehead atoms. The zero-order chi connectivity index (χ0) is 14.7. The molecule has 19 heavy (non-hydrogen) atoms. The lowest BCUT2D eigenvalue weighted by atomic mass is 9.85. The second-order valence-electron chi connectivity index (χ2n) is 5.81. The van der Waals surface area contributed by atoms with Crippen LogP contribution in [0.1, 0.15) is 40.0 Å². The van der Waals surface area contributed by atoms with E-state index in [9.17, 15) is 0 Å². The third-order valence-electron chi connectivity index (χ3n) is 3.74. The Labute approximate surface area is 121 Å². The molecule has 1 N–H and O–H groups in total. The lowest BCUT2D eigenvalue weighted by molar-refractivity contribution is 0.376. The lowest BCUT2D eigenvalue weighted by Gasteiger charge is -2.22. The molecule has 0 spiro atoms. The molecule has 2 heteroatoms. The summed E-state index contributed by atoms with van der Waals surface area (Å²) in [5.41, 5.74) is 1.61. The fourth-order valence-corrected chi connectivity index (χ4v) is 2.30. The van der Waals surface area contributed by atoms with Crippen LogP contribution in [-0.2, 0) is 0 Å². The molecule has 0 aromatic heterocycles. The highest BCUT2D eigenvalue weighted by Gasteiger charge is 2.13. The summed E-state index contributed by atoms with van der Waals surface area (Å²) in [6, 6.07) is 0. The van der Waals surface area contributed by atoms with Crippen molar-refractivity contribution in [1.29, 1.82) is 0 Å². The summed E-state index contributed by atoms with van der Waals surface area (Å²) >= 11 is 0. The van der Waals surface area contributed by atoms with Crippen molar-refractivity contribution in [3.63, 3.8) is 0 Å². The molecule has 0 radical (unpaired) electrons. The maximum atomic E-state index is 3.14. The molecule has 0 amide bonds. The van der Waals surface area contributed by atoms with Gasteiger partial charge in [-0.2, -0.15) is 0 Å². The van der Waals surface area contributed by atoms with E-state index in [-0.39, 0.29) is 0 Å². The van der Waals surface area contributed by atoms with Gasteiger partial charge in [-0.3, -0.25) is 0 Å². The van der Waals surface area contributed by atoms with Crippen LogP contribution in [0.25, 0.3) is 0 Å². The number of nitrogens with zero attached hydrogens (tertiary/aromatic N) is 1. The average Bonchev–Trinajstić information content (AvgIpc) is 2.37. The summed E-state index contributed by atoms with van der Waals surface area (Å²) < 4.78 is 0. The van der Waals surface area contributed by atoms with Crippen LogP contribution in [0.5, 0.6) is 0 Å². The van der Waals surface area contributed by atoms with Gasteiger partial charge in [0.15, 0.2) is 0 Å². The zero-order valence-electron chi connectivity index (χ0n) is 13.9. The Hall–Kier alpha value is -0.600. The van der Waals surface area contributed by atoms with Gasteiger partial charge in [-0.15, -0.1) is 0 Å². The summed E-state index contributed by atoms with van der Waals surface area (Å²) in [4.78, 5) is 2.27. The molecule has 0 heterocycles. The van der Waals surface area contributed by atoms with E-state index in [4.69, 9.17) is 0 Å². The molecule has 2 unspecified atom stereocenters. The van der Waals surface area contributed by atoms with Crippen LogP contribution in [0, 0.1) is 11.8 Å². The van der Waals surface area contributed by atoms with Crippen LogP contribution >= 0.6 is 0 Å². The average molecular weight is 266 g/mol. The molecule has 0 fully saturated rings. The second-order valence-corrected chi connectivity index (χ2v) is 5.81. The van der Waals surface area contributed by atoms with Gasteiger partial charge in [0.1, 0.15) is 0 Å². The third kappa shape index (κ3) is 9.01. The van der Waals surface area contributed by atoms with Gasteiger partial charge in [0, 0.05) is 6.54 Å². The summed E-state index contributed by atoms with van der Waals surface area (Å²) in [6.07, 6.45) is 10.5. The smallest absolute Gasteiger partial charge is 0.0134 e. The first kappa shape index (κ1) is 18.4. The van der Waals surface area contributed by atoms with E-state index in [0.29, 0.717) is 11.8 Å². The van der Waals surface area contributed by atoms with E-state index in [1.54, 1.807) is 5.57 Å². The van der Waals surface area contributed by atoms with Crippen LogP contribution in [0.3, 0.4) is 0 Å². The summed E-state index contributed by atoms with van der Waals surface area (Å²) in [6.45, 7) is 9.13. The van der Waals surface area contributed by atoms with Gasteiger partial charge in [0.05, 0.1) is 0 Å². The van der Waals surface area contributed by atoms with E-state index in [1.807, 2.05) is 7.05 Å². The lowest BCUT2D eigenvalue weighted by Crippen LogP contribution is -2.15. The first-order chi connectivity index (χ1) is 9.02. The number of hydrogen-bond acceptors (Lipinski definition) is 2. The Morgan fingerprint density at radius 1 is 1.21 bits per heavy atom. The predicted octanol–water partition coefficient (Wildman–Crippen LogP) is 3.71. The van der Waals surface area contributed by atoms with Crippen molar-refractivity contribution in [2.45, 2.75) is 40.0 Å². The Bertz CT molecular complexity index is 266. The minimum atomic E-state index is 0.689. The minimum Gasteiger partial charge on any atom is -0.316 e. The van der Waals surface area contributed by atoms with E-state index >= 15 is 0 Å². The second kappa shape index (κ2) is 11.2. The fraction of sp³-hybridized carbons (Fsp3) is 0.765. The predicted molar refractivity (Wildman–Crippen MR) is 87.6 cm³/mol. The number of rotatable bonds is 10. The van der Waals surface area contributed by atoms with Crippen LogP contribution in [-0.4, -0.2) is 39.1 Å². The molecule has 0 aliphatic heterocycles. The van der Waals surface area contributed by atoms with E-state index in [0.717, 1.165) is 6.54 Å². The molecule has 0 aromatic carbocycles. The normalized spacial score (nSPS) is 16.3. The molecule has 0 saturated heterocycles. The molecule has 2 nitrogen and oxygen atoms in total. The first-order valence-corrected chi connectivity index (χ1v) is 7.68. The zero-order valence-corrected chi connectivity index (χ0v) is 13.9. The number of hydrogen-bond donors (Lipinski definition) is 1. The highest BCUT2D eigenvalue weighted by Crippen LogP contribution is 2.26. The highest BCUT2D eigenvalue weighted by atomic mass is 15.0. The molecule has 0 aromatic rings. The largest absolute Gasteiger partial charge is 0.316 e. The number of likely N-dealkylation sites (N-methyl/N-ethyl adjacent to an activating group) is 1. The molecule has 112 valence electrons. The van der Waals surface area contributed by atoms with Gasteiger partial charge >= 0.3 is 0 Å². The van der Waals surface area contributed by atoms with Crippen molar-refractivity contribution in [3.8, 4) is 0 Å². The summed E-state index contributed by atoms with van der Waals surface area (Å²) in [7, 11) is 6.28. The quantitative estimate of drug-likeness (QED) is 0.606. The van der Waals surface area contributed by atoms with Gasteiger partial charge in [0.2, 0.25) is 0 Å². The van der Waals surface area contributed by atoms with E-state index in [2.05, 4.69) is 63.3 Å². The van der Waals surface area contributed by atoms with Gasteiger partial charge in [-0.1, -0.05) is 44.6 Å². The topological polar surface area (TPSA) is 15.3 Å². The van der Waals surface area contributed by atoms with Crippen LogP contribution in [0.2, 0.25) is 0 Å². The van der Waals surface area contributed by atoms with Crippen molar-refractivity contribution < 1.29 is 0 Å². The maximum absolute atomic E-state index is 3.14. The van der Waals surface area contributed by atoms with Crippen LogP contribution in [0.15, 0.2) is 23.8 Å². The molecule has 0 aliphatic carbocycles. The molecule has 0 rings (SSSR count). The highest BCUT2D eigenvalue weighted by molar-refractivity contribution is 5.17. The van der Waals surface area contributed by atoms with Crippen molar-refractivity contribution in [3.05, 3.63) is 23.8 Å². The Morgan fingerprint density at radius 3 is 2.42 bits per heavy atom. The van der Waals surface area contributed by atoms with Gasteiger partial charge in [-0.25, -0.2) is 0 Å². The Balaban J connectivity index is 4.47. The maximum Gasteiger partial charge on any atom is 0.0134 e. The molecule has 2 atom stereocenters.